The van der Waals surface area contributed by atoms with Crippen molar-refractivity contribution in [2.24, 2.45) is 4.99 Å². The van der Waals surface area contributed by atoms with Crippen LogP contribution < -0.4 is 16.0 Å². The first-order chi connectivity index (χ1) is 12.9. The molecule has 164 valence electrons. The van der Waals surface area contributed by atoms with Crippen LogP contribution in [0.5, 0.6) is 0 Å². The highest BCUT2D eigenvalue weighted by molar-refractivity contribution is 14.0. The molecule has 1 amide bonds. The molecule has 2 rings (SSSR count). The SMILES string of the molecule is CCNC(=NCCC(=O)NC1CCCCC1)NC1CCN(CC(F)(F)F)C1.I. The second-order valence-electron chi connectivity index (χ2n) is 7.39. The number of aliphatic imine (C=N–C) groups is 1. The third-order valence-electron chi connectivity index (χ3n) is 4.94. The fraction of sp³-hybridized carbons (Fsp3) is 0.889. The number of carbonyl (C=O) groups excluding carboxylic acids is 1. The molecule has 1 aliphatic carbocycles. The van der Waals surface area contributed by atoms with E-state index in [0.29, 0.717) is 51.0 Å². The van der Waals surface area contributed by atoms with E-state index < -0.39 is 12.7 Å². The molecule has 0 aromatic heterocycles. The summed E-state index contributed by atoms with van der Waals surface area (Å²) in [4.78, 5) is 17.8. The van der Waals surface area contributed by atoms with Crippen LogP contribution in [0.2, 0.25) is 0 Å². The first-order valence-electron chi connectivity index (χ1n) is 9.99. The number of hydrogen-bond acceptors (Lipinski definition) is 3. The van der Waals surface area contributed by atoms with E-state index in [0.717, 1.165) is 12.8 Å². The molecule has 10 heteroatoms. The number of alkyl halides is 3. The van der Waals surface area contributed by atoms with Gasteiger partial charge < -0.3 is 16.0 Å². The number of carbonyl (C=O) groups is 1. The molecule has 0 aromatic carbocycles. The largest absolute Gasteiger partial charge is 0.401 e. The molecule has 0 bridgehead atoms. The summed E-state index contributed by atoms with van der Waals surface area (Å²) in [6.45, 7) is 2.82. The summed E-state index contributed by atoms with van der Waals surface area (Å²) in [6.07, 6.45) is 2.48. The van der Waals surface area contributed by atoms with Gasteiger partial charge in [0.1, 0.15) is 0 Å². The van der Waals surface area contributed by atoms with E-state index in [1.54, 1.807) is 0 Å². The number of guanidine groups is 1. The highest BCUT2D eigenvalue weighted by atomic mass is 127. The van der Waals surface area contributed by atoms with E-state index in [1.165, 1.54) is 24.2 Å². The Morgan fingerprint density at radius 3 is 2.46 bits per heavy atom. The Balaban J connectivity index is 0.00000392. The van der Waals surface area contributed by atoms with Gasteiger partial charge in [-0.05, 0) is 26.2 Å². The molecule has 1 saturated carbocycles. The highest BCUT2D eigenvalue weighted by Crippen LogP contribution is 2.20. The van der Waals surface area contributed by atoms with Crippen molar-refractivity contribution in [3.63, 3.8) is 0 Å². The summed E-state index contributed by atoms with van der Waals surface area (Å²) in [6, 6.07) is 0.223. The average molecular weight is 519 g/mol. The molecule has 0 aromatic rings. The van der Waals surface area contributed by atoms with E-state index in [4.69, 9.17) is 0 Å². The van der Waals surface area contributed by atoms with Crippen LogP contribution in [0.1, 0.15) is 51.9 Å². The lowest BCUT2D eigenvalue weighted by molar-refractivity contribution is -0.143. The van der Waals surface area contributed by atoms with Gasteiger partial charge in [-0.15, -0.1) is 24.0 Å². The van der Waals surface area contributed by atoms with Crippen molar-refractivity contribution in [3.8, 4) is 0 Å². The smallest absolute Gasteiger partial charge is 0.357 e. The van der Waals surface area contributed by atoms with Crippen molar-refractivity contribution in [2.75, 3.05) is 32.7 Å². The average Bonchev–Trinajstić information content (AvgIpc) is 3.01. The van der Waals surface area contributed by atoms with E-state index in [1.807, 2.05) is 6.92 Å². The van der Waals surface area contributed by atoms with E-state index in [2.05, 4.69) is 20.9 Å². The monoisotopic (exact) mass is 519 g/mol. The standard InChI is InChI=1S/C18H32F3N5O.HI/c1-2-22-17(25-15-9-11-26(12-15)13-18(19,20)21)23-10-8-16(27)24-14-6-4-3-5-7-14;/h14-15H,2-13H2,1H3,(H,24,27)(H2,22,23,25);1H. The van der Waals surface area contributed by atoms with Crippen LogP contribution in [0.3, 0.4) is 0 Å². The van der Waals surface area contributed by atoms with Gasteiger partial charge in [0.05, 0.1) is 13.1 Å². The van der Waals surface area contributed by atoms with E-state index in [-0.39, 0.29) is 35.9 Å². The van der Waals surface area contributed by atoms with Gasteiger partial charge in [0, 0.05) is 38.1 Å². The maximum absolute atomic E-state index is 12.5. The number of likely N-dealkylation sites (tertiary alicyclic amines) is 1. The minimum atomic E-state index is -4.17. The van der Waals surface area contributed by atoms with Gasteiger partial charge in [0.2, 0.25) is 5.91 Å². The molecule has 0 radical (unpaired) electrons. The lowest BCUT2D eigenvalue weighted by atomic mass is 9.95. The van der Waals surface area contributed by atoms with Crippen molar-refractivity contribution in [1.29, 1.82) is 0 Å². The van der Waals surface area contributed by atoms with Crippen LogP contribution in [0.4, 0.5) is 13.2 Å². The minimum absolute atomic E-state index is 0. The van der Waals surface area contributed by atoms with Crippen LogP contribution in [0.15, 0.2) is 4.99 Å². The number of nitrogens with one attached hydrogen (secondary N) is 3. The molecular formula is C18H33F3IN5O. The first kappa shape index (κ1) is 25.3. The predicted molar refractivity (Wildman–Crippen MR) is 115 cm³/mol. The van der Waals surface area contributed by atoms with Gasteiger partial charge in [0.25, 0.3) is 0 Å². The molecule has 0 spiro atoms. The molecular weight excluding hydrogens is 486 g/mol. The number of halogens is 4. The van der Waals surface area contributed by atoms with Crippen molar-refractivity contribution < 1.29 is 18.0 Å². The third kappa shape index (κ3) is 10.1. The number of amides is 1. The molecule has 2 fully saturated rings. The zero-order valence-corrected chi connectivity index (χ0v) is 18.8. The predicted octanol–water partition coefficient (Wildman–Crippen LogP) is 2.64. The fourth-order valence-corrected chi connectivity index (χ4v) is 3.68. The molecule has 3 N–H and O–H groups in total. The van der Waals surface area contributed by atoms with Crippen LogP contribution in [0, 0.1) is 0 Å². The molecule has 1 atom stereocenters. The van der Waals surface area contributed by atoms with E-state index in [9.17, 15) is 18.0 Å². The summed E-state index contributed by atoms with van der Waals surface area (Å²) >= 11 is 0. The number of rotatable bonds is 7. The molecule has 1 heterocycles. The lowest BCUT2D eigenvalue weighted by Crippen LogP contribution is -2.45. The lowest BCUT2D eigenvalue weighted by Gasteiger charge is -2.22. The summed E-state index contributed by atoms with van der Waals surface area (Å²) in [5.41, 5.74) is 0. The number of hydrogen-bond donors (Lipinski definition) is 3. The normalized spacial score (nSPS) is 21.9. The van der Waals surface area contributed by atoms with Crippen molar-refractivity contribution in [1.82, 2.24) is 20.9 Å². The quantitative estimate of drug-likeness (QED) is 0.275. The molecule has 28 heavy (non-hydrogen) atoms. The summed E-state index contributed by atoms with van der Waals surface area (Å²) in [5, 5.41) is 9.34. The van der Waals surface area contributed by atoms with Gasteiger partial charge >= 0.3 is 6.18 Å². The van der Waals surface area contributed by atoms with Crippen LogP contribution in [-0.2, 0) is 4.79 Å². The minimum Gasteiger partial charge on any atom is -0.357 e. The molecule has 1 saturated heterocycles. The zero-order valence-electron chi connectivity index (χ0n) is 16.5. The second-order valence-corrected chi connectivity index (χ2v) is 7.39. The second kappa shape index (κ2) is 12.7. The Kier molecular flexibility index (Phi) is 11.5. The Morgan fingerprint density at radius 2 is 1.82 bits per heavy atom. The first-order valence-corrected chi connectivity index (χ1v) is 9.99. The molecule has 1 unspecified atom stereocenters. The van der Waals surface area contributed by atoms with Gasteiger partial charge in [0.15, 0.2) is 5.96 Å². The summed E-state index contributed by atoms with van der Waals surface area (Å²) in [7, 11) is 0. The summed E-state index contributed by atoms with van der Waals surface area (Å²) < 4.78 is 37.5. The third-order valence-corrected chi connectivity index (χ3v) is 4.94. The van der Waals surface area contributed by atoms with Gasteiger partial charge in [-0.25, -0.2) is 0 Å². The maximum Gasteiger partial charge on any atom is 0.401 e. The van der Waals surface area contributed by atoms with Gasteiger partial charge in [-0.2, -0.15) is 13.2 Å². The Hall–Kier alpha value is -0.780. The fourth-order valence-electron chi connectivity index (χ4n) is 3.68. The Morgan fingerprint density at radius 1 is 1.11 bits per heavy atom. The molecule has 6 nitrogen and oxygen atoms in total. The molecule has 1 aliphatic heterocycles. The highest BCUT2D eigenvalue weighted by Gasteiger charge is 2.34. The Labute approximate surface area is 182 Å². The van der Waals surface area contributed by atoms with Crippen molar-refractivity contribution in [3.05, 3.63) is 0 Å². The summed E-state index contributed by atoms with van der Waals surface area (Å²) in [5.74, 6) is 0.570. The molecule has 2 aliphatic rings. The van der Waals surface area contributed by atoms with Crippen LogP contribution in [-0.4, -0.2) is 67.8 Å². The van der Waals surface area contributed by atoms with Gasteiger partial charge in [-0.3, -0.25) is 14.7 Å². The maximum atomic E-state index is 12.5. The zero-order chi connectivity index (χ0) is 19.7. The Bertz CT molecular complexity index is 498. The van der Waals surface area contributed by atoms with Crippen LogP contribution >= 0.6 is 24.0 Å². The van der Waals surface area contributed by atoms with Crippen molar-refractivity contribution >= 4 is 35.8 Å². The topological polar surface area (TPSA) is 68.8 Å². The number of nitrogens with zero attached hydrogens (tertiary/aromatic N) is 2. The van der Waals surface area contributed by atoms with Crippen LogP contribution in [0.25, 0.3) is 0 Å². The van der Waals surface area contributed by atoms with Crippen molar-refractivity contribution in [2.45, 2.75) is 70.1 Å². The van der Waals surface area contributed by atoms with Gasteiger partial charge in [-0.1, -0.05) is 19.3 Å². The van der Waals surface area contributed by atoms with E-state index >= 15 is 0 Å².